The van der Waals surface area contributed by atoms with Gasteiger partial charge in [0.2, 0.25) is 0 Å². The fraction of sp³-hybridized carbons (Fsp3) is 0.167. The van der Waals surface area contributed by atoms with Crippen molar-refractivity contribution in [2.75, 3.05) is 0 Å². The molecule has 0 amide bonds. The van der Waals surface area contributed by atoms with Gasteiger partial charge in [0.05, 0.1) is 0 Å². The van der Waals surface area contributed by atoms with Gasteiger partial charge >= 0.3 is 0 Å². The number of aromatic amines is 1. The first-order chi connectivity index (χ1) is 4.23. The number of carboxylic acids is 1. The zero-order chi connectivity index (χ0) is 7.11. The second-order valence-corrected chi connectivity index (χ2v) is 1.33. The van der Waals surface area contributed by atoms with Gasteiger partial charge in [-0.1, -0.05) is 0 Å². The molecule has 0 fully saturated rings. The molecule has 0 aliphatic carbocycles. The molecule has 0 aliphatic rings. The van der Waals surface area contributed by atoms with Crippen LogP contribution in [-0.4, -0.2) is 16.1 Å². The van der Waals surface area contributed by atoms with Crippen LogP contribution in [0.3, 0.4) is 0 Å². The summed E-state index contributed by atoms with van der Waals surface area (Å²) in [4.78, 5) is 11.7. The van der Waals surface area contributed by atoms with Crippen molar-refractivity contribution in [2.45, 2.75) is 6.92 Å². The number of rotatable bonds is 0. The van der Waals surface area contributed by atoms with Crippen LogP contribution in [0.25, 0.3) is 0 Å². The summed E-state index contributed by atoms with van der Waals surface area (Å²) < 4.78 is 0. The lowest BCUT2D eigenvalue weighted by molar-refractivity contribution is -0.134. The Labute approximate surface area is 53.3 Å². The maximum atomic E-state index is 9.00. The molecule has 0 radical (unpaired) electrons. The molecule has 0 spiro atoms. The maximum Gasteiger partial charge on any atom is 0.300 e. The summed E-state index contributed by atoms with van der Waals surface area (Å²) in [5.74, 6) is -0.833. The zero-order valence-corrected chi connectivity index (χ0v) is 5.09. The first-order valence-electron chi connectivity index (χ1n) is 2.42. The van der Waals surface area contributed by atoms with Gasteiger partial charge in [0.25, 0.3) is 5.97 Å². The number of hydrogen-bond acceptors (Lipinski definition) is 1. The van der Waals surface area contributed by atoms with Gasteiger partial charge in [-0.05, 0) is 0 Å². The van der Waals surface area contributed by atoms with E-state index in [1.807, 2.05) is 18.3 Å². The minimum absolute atomic E-state index is 0.833. The molecule has 1 rings (SSSR count). The Kier molecular flexibility index (Phi) is 4.22. The van der Waals surface area contributed by atoms with E-state index in [4.69, 9.17) is 9.90 Å². The van der Waals surface area contributed by atoms with Crippen molar-refractivity contribution in [3.63, 3.8) is 0 Å². The van der Waals surface area contributed by atoms with Crippen molar-refractivity contribution in [3.05, 3.63) is 24.5 Å². The Morgan fingerprint density at radius 2 is 2.33 bits per heavy atom. The van der Waals surface area contributed by atoms with E-state index in [0.29, 0.717) is 0 Å². The third-order valence-corrected chi connectivity index (χ3v) is 0.442. The molecule has 50 valence electrons. The van der Waals surface area contributed by atoms with Crippen LogP contribution in [0.1, 0.15) is 6.92 Å². The largest absolute Gasteiger partial charge is 0.484 e. The summed E-state index contributed by atoms with van der Waals surface area (Å²) in [5, 5.41) is 7.42. The number of aromatic nitrogens is 1. The second kappa shape index (κ2) is 4.90. The summed E-state index contributed by atoms with van der Waals surface area (Å²) in [5.41, 5.74) is 0. The summed E-state index contributed by atoms with van der Waals surface area (Å²) >= 11 is 0. The first kappa shape index (κ1) is 7.75. The van der Waals surface area contributed by atoms with Crippen molar-refractivity contribution in [3.8, 4) is 0 Å². The second-order valence-electron chi connectivity index (χ2n) is 1.33. The average Bonchev–Trinajstić information content (AvgIpc) is 2.11. The molecule has 0 aliphatic heterocycles. The number of carbonyl (C=O) groups is 1. The van der Waals surface area contributed by atoms with Crippen LogP contribution in [0.15, 0.2) is 18.3 Å². The maximum absolute atomic E-state index is 9.00. The average molecular weight is 126 g/mol. The van der Waals surface area contributed by atoms with E-state index >= 15 is 0 Å². The molecular formula is C6H8NO2-. The number of aliphatic carboxylic acids is 1. The number of nitrogens with one attached hydrogen (secondary N) is 1. The fourth-order valence-electron chi connectivity index (χ4n) is 0.241. The Morgan fingerprint density at radius 3 is 2.44 bits per heavy atom. The Hall–Kier alpha value is -1.25. The van der Waals surface area contributed by atoms with Gasteiger partial charge in [-0.3, -0.25) is 4.79 Å². The summed E-state index contributed by atoms with van der Waals surface area (Å²) in [7, 11) is 0. The van der Waals surface area contributed by atoms with E-state index in [9.17, 15) is 0 Å². The SMILES string of the molecule is CC(=O)O.[c-]1ccc[nH]1. The highest BCUT2D eigenvalue weighted by molar-refractivity contribution is 5.62. The van der Waals surface area contributed by atoms with Crippen molar-refractivity contribution < 1.29 is 9.90 Å². The molecule has 0 bridgehead atoms. The lowest BCUT2D eigenvalue weighted by Gasteiger charge is -1.61. The van der Waals surface area contributed by atoms with E-state index in [2.05, 4.69) is 11.2 Å². The molecule has 1 aromatic heterocycles. The standard InChI is InChI=1S/C4H4N.C2H4O2/c1-2-4-5-3-1;1-2(3)4/h1-3,5H;1H3,(H,3,4)/q-1;. The van der Waals surface area contributed by atoms with E-state index in [1.165, 1.54) is 0 Å². The quantitative estimate of drug-likeness (QED) is 0.507. The minimum atomic E-state index is -0.833. The Bertz CT molecular complexity index is 125. The van der Waals surface area contributed by atoms with Gasteiger partial charge in [-0.15, -0.1) is 6.20 Å². The Balaban J connectivity index is 0.000000148. The summed E-state index contributed by atoms with van der Waals surface area (Å²) in [6.07, 6.45) is 4.56. The molecule has 2 N–H and O–H groups in total. The smallest absolute Gasteiger partial charge is 0.300 e. The van der Waals surface area contributed by atoms with E-state index in [1.54, 1.807) is 0 Å². The predicted octanol–water partition coefficient (Wildman–Crippen LogP) is 0.906. The summed E-state index contributed by atoms with van der Waals surface area (Å²) in [6, 6.07) is 3.71. The molecular weight excluding hydrogens is 118 g/mol. The third-order valence-electron chi connectivity index (χ3n) is 0.442. The molecule has 1 heterocycles. The number of carboxylic acid groups (broad SMARTS) is 1. The van der Waals surface area contributed by atoms with E-state index in [0.717, 1.165) is 6.92 Å². The lowest BCUT2D eigenvalue weighted by atomic mass is 10.7. The van der Waals surface area contributed by atoms with Gasteiger partial charge in [-0.2, -0.15) is 18.3 Å². The molecule has 0 saturated carbocycles. The van der Waals surface area contributed by atoms with Gasteiger partial charge in [0.15, 0.2) is 0 Å². The van der Waals surface area contributed by atoms with Crippen molar-refractivity contribution in [1.29, 1.82) is 0 Å². The predicted molar refractivity (Wildman–Crippen MR) is 32.9 cm³/mol. The summed E-state index contributed by atoms with van der Waals surface area (Å²) in [6.45, 7) is 1.08. The minimum Gasteiger partial charge on any atom is -0.484 e. The molecule has 3 heteroatoms. The van der Waals surface area contributed by atoms with Crippen molar-refractivity contribution in [2.24, 2.45) is 0 Å². The van der Waals surface area contributed by atoms with Crippen LogP contribution in [0.2, 0.25) is 0 Å². The molecule has 1 aromatic rings. The van der Waals surface area contributed by atoms with Crippen molar-refractivity contribution >= 4 is 5.97 Å². The zero-order valence-electron chi connectivity index (χ0n) is 5.09. The van der Waals surface area contributed by atoms with E-state index < -0.39 is 5.97 Å². The van der Waals surface area contributed by atoms with E-state index in [-0.39, 0.29) is 0 Å². The Morgan fingerprint density at radius 1 is 1.78 bits per heavy atom. The van der Waals surface area contributed by atoms with Gasteiger partial charge in [0.1, 0.15) is 0 Å². The molecule has 0 atom stereocenters. The first-order valence-corrected chi connectivity index (χ1v) is 2.42. The lowest BCUT2D eigenvalue weighted by Crippen LogP contribution is -1.78. The topological polar surface area (TPSA) is 53.1 Å². The molecule has 0 aromatic carbocycles. The molecule has 0 saturated heterocycles. The highest BCUT2D eigenvalue weighted by Gasteiger charge is 1.65. The van der Waals surface area contributed by atoms with Gasteiger partial charge < -0.3 is 10.1 Å². The number of H-pyrrole nitrogens is 1. The van der Waals surface area contributed by atoms with Crippen molar-refractivity contribution in [1.82, 2.24) is 4.98 Å². The fourth-order valence-corrected chi connectivity index (χ4v) is 0.241. The van der Waals surface area contributed by atoms with Crippen LogP contribution in [-0.2, 0) is 4.79 Å². The van der Waals surface area contributed by atoms with Crippen LogP contribution < -0.4 is 0 Å². The third kappa shape index (κ3) is 10.8. The van der Waals surface area contributed by atoms with Crippen LogP contribution in [0.5, 0.6) is 0 Å². The van der Waals surface area contributed by atoms with Gasteiger partial charge in [-0.25, -0.2) is 0 Å². The highest BCUT2D eigenvalue weighted by Crippen LogP contribution is 1.70. The molecule has 3 nitrogen and oxygen atoms in total. The monoisotopic (exact) mass is 126 g/mol. The van der Waals surface area contributed by atoms with Gasteiger partial charge in [0, 0.05) is 6.92 Å². The highest BCUT2D eigenvalue weighted by atomic mass is 16.4. The van der Waals surface area contributed by atoms with Crippen LogP contribution in [0.4, 0.5) is 0 Å². The molecule has 0 unspecified atom stereocenters. The number of hydrogen-bond donors (Lipinski definition) is 2. The normalized spacial score (nSPS) is 7.22. The van der Waals surface area contributed by atoms with Crippen LogP contribution >= 0.6 is 0 Å². The molecule has 9 heavy (non-hydrogen) atoms. The van der Waals surface area contributed by atoms with Crippen LogP contribution in [0, 0.1) is 6.20 Å².